The van der Waals surface area contributed by atoms with Crippen molar-refractivity contribution in [3.8, 4) is 0 Å². The summed E-state index contributed by atoms with van der Waals surface area (Å²) in [6, 6.07) is 0.0293. The number of sulfone groups is 1. The van der Waals surface area contributed by atoms with Gasteiger partial charge in [-0.2, -0.15) is 0 Å². The fraction of sp³-hybridized carbons (Fsp3) is 1.00. The Morgan fingerprint density at radius 1 is 1.21 bits per heavy atom. The molecule has 0 aromatic heterocycles. The van der Waals surface area contributed by atoms with E-state index < -0.39 is 9.84 Å². The molecular weight excluding hydrogens is 198 g/mol. The summed E-state index contributed by atoms with van der Waals surface area (Å²) in [5, 5.41) is 0. The van der Waals surface area contributed by atoms with E-state index in [9.17, 15) is 8.42 Å². The van der Waals surface area contributed by atoms with E-state index in [1.54, 1.807) is 0 Å². The first-order valence-electron chi connectivity index (χ1n) is 5.33. The molecule has 3 nitrogen and oxygen atoms in total. The molecule has 0 aliphatic heterocycles. The monoisotopic (exact) mass is 221 g/mol. The highest BCUT2D eigenvalue weighted by Gasteiger charge is 2.12. The van der Waals surface area contributed by atoms with E-state index in [0.717, 1.165) is 6.42 Å². The zero-order chi connectivity index (χ0) is 11.2. The molecule has 0 fully saturated rings. The van der Waals surface area contributed by atoms with Gasteiger partial charge >= 0.3 is 0 Å². The van der Waals surface area contributed by atoms with E-state index in [4.69, 9.17) is 5.73 Å². The fourth-order valence-electron chi connectivity index (χ4n) is 1.47. The van der Waals surface area contributed by atoms with Crippen molar-refractivity contribution in [3.63, 3.8) is 0 Å². The third-order valence-corrected chi connectivity index (χ3v) is 3.98. The Labute approximate surface area is 88.0 Å². The zero-order valence-corrected chi connectivity index (χ0v) is 10.3. The van der Waals surface area contributed by atoms with Gasteiger partial charge in [0, 0.05) is 11.8 Å². The molecule has 0 heterocycles. The van der Waals surface area contributed by atoms with Gasteiger partial charge in [0.1, 0.15) is 9.84 Å². The summed E-state index contributed by atoms with van der Waals surface area (Å²) < 4.78 is 22.7. The lowest BCUT2D eigenvalue weighted by Crippen LogP contribution is -2.26. The van der Waals surface area contributed by atoms with Crippen LogP contribution in [0.15, 0.2) is 0 Å². The molecule has 0 bridgehead atoms. The van der Waals surface area contributed by atoms with Gasteiger partial charge in [-0.15, -0.1) is 0 Å². The van der Waals surface area contributed by atoms with Crippen LogP contribution in [0, 0.1) is 5.92 Å². The molecule has 0 radical (unpaired) electrons. The minimum absolute atomic E-state index is 0.0293. The zero-order valence-electron chi connectivity index (χ0n) is 9.49. The SMILES string of the molecule is CCCS(=O)(=O)CCC(N)CC(C)C. The molecule has 0 saturated heterocycles. The molecule has 4 heteroatoms. The summed E-state index contributed by atoms with van der Waals surface area (Å²) in [4.78, 5) is 0. The van der Waals surface area contributed by atoms with Crippen LogP contribution in [0.1, 0.15) is 40.0 Å². The highest BCUT2D eigenvalue weighted by atomic mass is 32.2. The van der Waals surface area contributed by atoms with E-state index in [0.29, 0.717) is 24.5 Å². The molecule has 0 saturated carbocycles. The topological polar surface area (TPSA) is 60.2 Å². The van der Waals surface area contributed by atoms with Crippen molar-refractivity contribution in [1.29, 1.82) is 0 Å². The van der Waals surface area contributed by atoms with Crippen LogP contribution in [-0.4, -0.2) is 26.0 Å². The first-order chi connectivity index (χ1) is 6.37. The molecule has 1 atom stereocenters. The van der Waals surface area contributed by atoms with Crippen LogP contribution in [0.4, 0.5) is 0 Å². The minimum atomic E-state index is -2.84. The third-order valence-electron chi connectivity index (χ3n) is 2.09. The molecule has 0 aromatic carbocycles. The lowest BCUT2D eigenvalue weighted by Gasteiger charge is -2.13. The Balaban J connectivity index is 3.82. The van der Waals surface area contributed by atoms with Crippen LogP contribution in [-0.2, 0) is 9.84 Å². The molecule has 14 heavy (non-hydrogen) atoms. The average molecular weight is 221 g/mol. The van der Waals surface area contributed by atoms with E-state index in [2.05, 4.69) is 13.8 Å². The quantitative estimate of drug-likeness (QED) is 0.710. The molecule has 2 N–H and O–H groups in total. The summed E-state index contributed by atoms with van der Waals surface area (Å²) in [6.45, 7) is 6.08. The summed E-state index contributed by atoms with van der Waals surface area (Å²) in [5.41, 5.74) is 5.81. The van der Waals surface area contributed by atoms with Gasteiger partial charge in [0.2, 0.25) is 0 Å². The Kier molecular flexibility index (Phi) is 6.36. The normalized spacial score (nSPS) is 14.6. The van der Waals surface area contributed by atoms with Crippen molar-refractivity contribution < 1.29 is 8.42 Å². The van der Waals surface area contributed by atoms with Gasteiger partial charge in [0.05, 0.1) is 5.75 Å². The predicted molar refractivity (Wildman–Crippen MR) is 61.0 cm³/mol. The molecule has 0 aliphatic carbocycles. The van der Waals surface area contributed by atoms with Crippen LogP contribution < -0.4 is 5.73 Å². The minimum Gasteiger partial charge on any atom is -0.328 e. The highest BCUT2D eigenvalue weighted by Crippen LogP contribution is 2.07. The maximum Gasteiger partial charge on any atom is 0.150 e. The molecule has 0 rings (SSSR count). The van der Waals surface area contributed by atoms with Crippen LogP contribution in [0.2, 0.25) is 0 Å². The third kappa shape index (κ3) is 7.33. The summed E-state index contributed by atoms with van der Waals surface area (Å²) in [5.74, 6) is 1.08. The van der Waals surface area contributed by atoms with E-state index in [-0.39, 0.29) is 11.8 Å². The predicted octanol–water partition coefficient (Wildman–Crippen LogP) is 1.57. The van der Waals surface area contributed by atoms with Crippen molar-refractivity contribution >= 4 is 9.84 Å². The number of rotatable bonds is 7. The van der Waals surface area contributed by atoms with Crippen LogP contribution >= 0.6 is 0 Å². The number of hydrogen-bond acceptors (Lipinski definition) is 3. The van der Waals surface area contributed by atoms with Crippen molar-refractivity contribution in [1.82, 2.24) is 0 Å². The molecule has 0 spiro atoms. The van der Waals surface area contributed by atoms with E-state index in [1.807, 2.05) is 6.92 Å². The Morgan fingerprint density at radius 3 is 2.21 bits per heavy atom. The van der Waals surface area contributed by atoms with E-state index in [1.165, 1.54) is 0 Å². The molecular formula is C10H23NO2S. The van der Waals surface area contributed by atoms with Gasteiger partial charge in [-0.3, -0.25) is 0 Å². The van der Waals surface area contributed by atoms with Gasteiger partial charge in [-0.1, -0.05) is 20.8 Å². The standard InChI is InChI=1S/C10H23NO2S/c1-4-6-14(12,13)7-5-10(11)8-9(2)3/h9-10H,4-8,11H2,1-3H3. The van der Waals surface area contributed by atoms with Crippen molar-refractivity contribution in [2.45, 2.75) is 46.1 Å². The molecule has 1 unspecified atom stereocenters. The average Bonchev–Trinajstić information content (AvgIpc) is 2.00. The highest BCUT2D eigenvalue weighted by molar-refractivity contribution is 7.91. The van der Waals surface area contributed by atoms with Gasteiger partial charge in [-0.25, -0.2) is 8.42 Å². The second-order valence-corrected chi connectivity index (χ2v) is 6.63. The summed E-state index contributed by atoms with van der Waals surface area (Å²) >= 11 is 0. The molecule has 0 aliphatic rings. The maximum atomic E-state index is 11.4. The molecule has 0 aromatic rings. The summed E-state index contributed by atoms with van der Waals surface area (Å²) in [7, 11) is -2.84. The molecule has 86 valence electrons. The van der Waals surface area contributed by atoms with Gasteiger partial charge in [-0.05, 0) is 25.2 Å². The molecule has 0 amide bonds. The van der Waals surface area contributed by atoms with E-state index >= 15 is 0 Å². The van der Waals surface area contributed by atoms with Crippen molar-refractivity contribution in [2.24, 2.45) is 11.7 Å². The second-order valence-electron chi connectivity index (χ2n) is 4.33. The van der Waals surface area contributed by atoms with Gasteiger partial charge < -0.3 is 5.73 Å². The second kappa shape index (κ2) is 6.40. The number of hydrogen-bond donors (Lipinski definition) is 1. The maximum absolute atomic E-state index is 11.4. The Bertz CT molecular complexity index is 235. The van der Waals surface area contributed by atoms with Crippen LogP contribution in [0.25, 0.3) is 0 Å². The lowest BCUT2D eigenvalue weighted by molar-refractivity contribution is 0.483. The smallest absolute Gasteiger partial charge is 0.150 e. The fourth-order valence-corrected chi connectivity index (χ4v) is 2.96. The largest absolute Gasteiger partial charge is 0.328 e. The Morgan fingerprint density at radius 2 is 1.79 bits per heavy atom. The lowest BCUT2D eigenvalue weighted by atomic mass is 10.0. The first kappa shape index (κ1) is 13.9. The van der Waals surface area contributed by atoms with Crippen LogP contribution in [0.3, 0.4) is 0 Å². The first-order valence-corrected chi connectivity index (χ1v) is 7.15. The number of nitrogens with two attached hydrogens (primary N) is 1. The van der Waals surface area contributed by atoms with Gasteiger partial charge in [0.15, 0.2) is 0 Å². The van der Waals surface area contributed by atoms with Crippen molar-refractivity contribution in [2.75, 3.05) is 11.5 Å². The van der Waals surface area contributed by atoms with Crippen LogP contribution in [0.5, 0.6) is 0 Å². The summed E-state index contributed by atoms with van der Waals surface area (Å²) in [6.07, 6.45) is 2.20. The van der Waals surface area contributed by atoms with Crippen molar-refractivity contribution in [3.05, 3.63) is 0 Å². The Hall–Kier alpha value is -0.0900. The van der Waals surface area contributed by atoms with Gasteiger partial charge in [0.25, 0.3) is 0 Å².